The van der Waals surface area contributed by atoms with E-state index in [0.29, 0.717) is 17.2 Å². The Morgan fingerprint density at radius 2 is 2.13 bits per heavy atom. The average Bonchev–Trinajstić information content (AvgIpc) is 2.53. The molecular formula is C17H17N3O3. The Morgan fingerprint density at radius 1 is 1.35 bits per heavy atom. The number of nitriles is 1. The molecule has 1 aromatic carbocycles. The Balaban J connectivity index is 2.04. The number of rotatable bonds is 2. The van der Waals surface area contributed by atoms with Gasteiger partial charge in [0.15, 0.2) is 0 Å². The zero-order chi connectivity index (χ0) is 16.6. The zero-order valence-corrected chi connectivity index (χ0v) is 13.2. The van der Waals surface area contributed by atoms with E-state index in [1.54, 1.807) is 18.2 Å². The summed E-state index contributed by atoms with van der Waals surface area (Å²) >= 11 is 0. The van der Waals surface area contributed by atoms with Crippen molar-refractivity contribution in [2.75, 3.05) is 0 Å². The van der Waals surface area contributed by atoms with Crippen molar-refractivity contribution in [2.45, 2.75) is 32.5 Å². The maximum Gasteiger partial charge on any atom is 0.264 e. The van der Waals surface area contributed by atoms with E-state index in [0.717, 1.165) is 5.56 Å². The smallest absolute Gasteiger partial charge is 0.264 e. The topological polar surface area (TPSA) is 88.0 Å². The summed E-state index contributed by atoms with van der Waals surface area (Å²) in [6, 6.07) is 10.3. The van der Waals surface area contributed by atoms with Gasteiger partial charge in [-0.25, -0.2) is 5.10 Å². The van der Waals surface area contributed by atoms with Gasteiger partial charge in [-0.2, -0.15) is 5.26 Å². The lowest BCUT2D eigenvalue weighted by atomic mass is 9.81. The number of H-pyrrole nitrogens is 1. The van der Waals surface area contributed by atoms with Crippen LogP contribution in [0.2, 0.25) is 0 Å². The highest BCUT2D eigenvalue weighted by Gasteiger charge is 2.42. The van der Waals surface area contributed by atoms with Crippen molar-refractivity contribution >= 4 is 0 Å². The molecule has 23 heavy (non-hydrogen) atoms. The van der Waals surface area contributed by atoms with Gasteiger partial charge < -0.3 is 9.47 Å². The summed E-state index contributed by atoms with van der Waals surface area (Å²) in [5.41, 5.74) is 0.629. The number of nitrogens with zero attached hydrogens (tertiary/aromatic N) is 2. The van der Waals surface area contributed by atoms with Crippen LogP contribution in [-0.4, -0.2) is 15.8 Å². The first-order chi connectivity index (χ1) is 10.9. The summed E-state index contributed by atoms with van der Waals surface area (Å²) in [7, 11) is 0. The largest absolute Gasteiger partial charge is 0.487 e. The quantitative estimate of drug-likeness (QED) is 0.921. The standard InChI is InChI=1S/C17H17N3O3/c1-10-16(22-15-7-6-14(21)19-20-15)12-8-11(9-18)4-5-13(12)23-17(10,2)3/h4-8,10,16H,1-3H3,(H,19,21). The Bertz CT molecular complexity index is 815. The third kappa shape index (κ3) is 2.78. The van der Waals surface area contributed by atoms with Gasteiger partial charge in [-0.1, -0.05) is 6.92 Å². The fourth-order valence-electron chi connectivity index (χ4n) is 2.64. The van der Waals surface area contributed by atoms with E-state index in [4.69, 9.17) is 14.7 Å². The highest BCUT2D eigenvalue weighted by Crippen LogP contribution is 2.45. The maximum absolute atomic E-state index is 11.1. The van der Waals surface area contributed by atoms with Gasteiger partial charge in [0.25, 0.3) is 5.56 Å². The summed E-state index contributed by atoms with van der Waals surface area (Å²) in [5, 5.41) is 15.4. The van der Waals surface area contributed by atoms with Crippen LogP contribution in [0.25, 0.3) is 0 Å². The second kappa shape index (κ2) is 5.43. The average molecular weight is 311 g/mol. The molecule has 3 rings (SSSR count). The van der Waals surface area contributed by atoms with Crippen LogP contribution < -0.4 is 15.0 Å². The molecule has 0 spiro atoms. The minimum atomic E-state index is -0.436. The summed E-state index contributed by atoms with van der Waals surface area (Å²) in [6.45, 7) is 6.02. The van der Waals surface area contributed by atoms with Crippen LogP contribution in [0, 0.1) is 17.2 Å². The van der Waals surface area contributed by atoms with E-state index in [-0.39, 0.29) is 17.6 Å². The molecule has 0 saturated carbocycles. The normalized spacial score (nSPS) is 21.7. The molecule has 0 amide bonds. The van der Waals surface area contributed by atoms with Gasteiger partial charge >= 0.3 is 0 Å². The minimum absolute atomic E-state index is 0.0117. The SMILES string of the molecule is CC1C(Oc2ccc(=O)[nH]n2)c2cc(C#N)ccc2OC1(C)C. The Labute approximate surface area is 133 Å². The number of fused-ring (bicyclic) bond motifs is 1. The monoisotopic (exact) mass is 311 g/mol. The summed E-state index contributed by atoms with van der Waals surface area (Å²) in [6.07, 6.45) is -0.333. The van der Waals surface area contributed by atoms with Crippen LogP contribution in [-0.2, 0) is 0 Å². The van der Waals surface area contributed by atoms with Crippen LogP contribution in [0.1, 0.15) is 38.0 Å². The molecule has 1 N–H and O–H groups in total. The van der Waals surface area contributed by atoms with Crippen LogP contribution in [0.3, 0.4) is 0 Å². The summed E-state index contributed by atoms with van der Waals surface area (Å²) in [4.78, 5) is 11.1. The van der Waals surface area contributed by atoms with E-state index in [1.807, 2.05) is 20.8 Å². The van der Waals surface area contributed by atoms with Crippen molar-refractivity contribution in [1.82, 2.24) is 10.2 Å². The van der Waals surface area contributed by atoms with Crippen molar-refractivity contribution in [3.63, 3.8) is 0 Å². The van der Waals surface area contributed by atoms with E-state index in [9.17, 15) is 4.79 Å². The third-order valence-electron chi connectivity index (χ3n) is 4.27. The van der Waals surface area contributed by atoms with Gasteiger partial charge in [-0.15, -0.1) is 5.10 Å². The number of aromatic amines is 1. The third-order valence-corrected chi connectivity index (χ3v) is 4.27. The predicted octanol–water partition coefficient (Wildman–Crippen LogP) is 2.57. The highest BCUT2D eigenvalue weighted by atomic mass is 16.5. The van der Waals surface area contributed by atoms with Crippen LogP contribution >= 0.6 is 0 Å². The second-order valence-corrected chi connectivity index (χ2v) is 6.16. The molecule has 118 valence electrons. The van der Waals surface area contributed by atoms with E-state index in [2.05, 4.69) is 16.3 Å². The molecule has 2 unspecified atom stereocenters. The van der Waals surface area contributed by atoms with E-state index in [1.165, 1.54) is 12.1 Å². The molecular weight excluding hydrogens is 294 g/mol. The van der Waals surface area contributed by atoms with E-state index < -0.39 is 5.60 Å². The molecule has 0 aliphatic carbocycles. The van der Waals surface area contributed by atoms with Gasteiger partial charge in [0.05, 0.1) is 11.6 Å². The van der Waals surface area contributed by atoms with Crippen molar-refractivity contribution < 1.29 is 9.47 Å². The number of benzene rings is 1. The fraction of sp³-hybridized carbons (Fsp3) is 0.353. The lowest BCUT2D eigenvalue weighted by Crippen LogP contribution is -2.44. The second-order valence-electron chi connectivity index (χ2n) is 6.16. The molecule has 0 saturated heterocycles. The lowest BCUT2D eigenvalue weighted by molar-refractivity contribution is -0.0360. The number of hydrogen-bond acceptors (Lipinski definition) is 5. The van der Waals surface area contributed by atoms with Crippen molar-refractivity contribution in [2.24, 2.45) is 5.92 Å². The Hall–Kier alpha value is -2.81. The van der Waals surface area contributed by atoms with Crippen LogP contribution in [0.4, 0.5) is 0 Å². The molecule has 6 nitrogen and oxygen atoms in total. The van der Waals surface area contributed by atoms with Crippen LogP contribution in [0.15, 0.2) is 35.1 Å². The Morgan fingerprint density at radius 3 is 2.78 bits per heavy atom. The predicted molar refractivity (Wildman–Crippen MR) is 83.3 cm³/mol. The fourth-order valence-corrected chi connectivity index (χ4v) is 2.64. The molecule has 1 aromatic heterocycles. The molecule has 0 fully saturated rings. The first-order valence-electron chi connectivity index (χ1n) is 7.36. The first-order valence-corrected chi connectivity index (χ1v) is 7.36. The van der Waals surface area contributed by atoms with E-state index >= 15 is 0 Å². The molecule has 1 aliphatic heterocycles. The molecule has 0 bridgehead atoms. The van der Waals surface area contributed by atoms with Crippen molar-refractivity contribution in [3.8, 4) is 17.7 Å². The van der Waals surface area contributed by atoms with Crippen molar-refractivity contribution in [1.29, 1.82) is 5.26 Å². The van der Waals surface area contributed by atoms with Crippen molar-refractivity contribution in [3.05, 3.63) is 51.8 Å². The van der Waals surface area contributed by atoms with Gasteiger partial charge in [-0.05, 0) is 32.0 Å². The molecule has 2 heterocycles. The highest BCUT2D eigenvalue weighted by molar-refractivity contribution is 5.45. The zero-order valence-electron chi connectivity index (χ0n) is 13.2. The molecule has 6 heteroatoms. The minimum Gasteiger partial charge on any atom is -0.487 e. The summed E-state index contributed by atoms with van der Waals surface area (Å²) in [5.74, 6) is 1.03. The van der Waals surface area contributed by atoms with Gasteiger partial charge in [-0.3, -0.25) is 4.79 Å². The number of nitrogens with one attached hydrogen (secondary N) is 1. The molecule has 2 atom stereocenters. The molecule has 1 aliphatic rings. The van der Waals surface area contributed by atoms with Crippen LogP contribution in [0.5, 0.6) is 11.6 Å². The number of ether oxygens (including phenoxy) is 2. The maximum atomic E-state index is 11.1. The van der Waals surface area contributed by atoms with Gasteiger partial charge in [0, 0.05) is 23.6 Å². The number of hydrogen-bond donors (Lipinski definition) is 1. The lowest BCUT2D eigenvalue weighted by Gasteiger charge is -2.42. The van der Waals surface area contributed by atoms with Gasteiger partial charge in [0.2, 0.25) is 5.88 Å². The first kappa shape index (κ1) is 15.1. The number of aromatic nitrogens is 2. The van der Waals surface area contributed by atoms with Gasteiger partial charge in [0.1, 0.15) is 17.5 Å². The summed E-state index contributed by atoms with van der Waals surface area (Å²) < 4.78 is 12.1. The molecule has 0 radical (unpaired) electrons. The molecule has 2 aromatic rings. The Kier molecular flexibility index (Phi) is 3.57.